The Bertz CT molecular complexity index is 640. The molecule has 0 N–H and O–H groups in total. The Morgan fingerprint density at radius 1 is 1.38 bits per heavy atom. The number of carbonyl (C=O) groups excluding carboxylic acids is 2. The van der Waals surface area contributed by atoms with E-state index in [0.717, 1.165) is 15.6 Å². The maximum Gasteiger partial charge on any atom is 0.266 e. The van der Waals surface area contributed by atoms with Crippen LogP contribution in [-0.2, 0) is 9.59 Å². The minimum atomic E-state index is -1.20. The van der Waals surface area contributed by atoms with Gasteiger partial charge in [0, 0.05) is 23.4 Å². The highest BCUT2D eigenvalue weighted by Gasteiger charge is 2.33. The summed E-state index contributed by atoms with van der Waals surface area (Å²) < 4.78 is 1.34. The first-order valence-electron chi connectivity index (χ1n) is 6.10. The Hall–Kier alpha value is -1.18. The zero-order valence-corrected chi connectivity index (χ0v) is 14.3. The molecule has 7 heteroatoms. The molecule has 1 fully saturated rings. The Morgan fingerprint density at radius 2 is 2.00 bits per heavy atom. The van der Waals surface area contributed by atoms with Crippen LogP contribution in [0.15, 0.2) is 33.6 Å². The highest BCUT2D eigenvalue weighted by Crippen LogP contribution is 2.36. The molecule has 1 saturated heterocycles. The zero-order chi connectivity index (χ0) is 15.6. The maximum atomic E-state index is 12.3. The summed E-state index contributed by atoms with van der Waals surface area (Å²) in [5, 5.41) is 10.5. The Balaban J connectivity index is 2.26. The second-order valence-corrected chi connectivity index (χ2v) is 6.97. The van der Waals surface area contributed by atoms with Crippen molar-refractivity contribution < 1.29 is 14.7 Å². The largest absolute Gasteiger partial charge is 0.550 e. The van der Waals surface area contributed by atoms with Gasteiger partial charge < -0.3 is 9.90 Å². The molecular formula is C14H11BrNO3S2-. The molecule has 1 aliphatic heterocycles. The number of halogens is 1. The van der Waals surface area contributed by atoms with Gasteiger partial charge in [-0.05, 0) is 30.2 Å². The van der Waals surface area contributed by atoms with Gasteiger partial charge in [-0.3, -0.25) is 9.69 Å². The molecule has 110 valence electrons. The van der Waals surface area contributed by atoms with Crippen LogP contribution in [-0.4, -0.2) is 27.6 Å². The van der Waals surface area contributed by atoms with E-state index in [1.54, 1.807) is 0 Å². The highest BCUT2D eigenvalue weighted by atomic mass is 79.9. The van der Waals surface area contributed by atoms with Gasteiger partial charge in [-0.15, -0.1) is 0 Å². The fourth-order valence-corrected chi connectivity index (χ4v) is 3.47. The van der Waals surface area contributed by atoms with Gasteiger partial charge in [-0.1, -0.05) is 52.0 Å². The number of benzene rings is 1. The van der Waals surface area contributed by atoms with Gasteiger partial charge in [0.05, 0.1) is 4.91 Å². The summed E-state index contributed by atoms with van der Waals surface area (Å²) >= 11 is 9.72. The van der Waals surface area contributed by atoms with E-state index in [4.69, 9.17) is 12.2 Å². The first-order chi connectivity index (χ1) is 9.90. The van der Waals surface area contributed by atoms with Gasteiger partial charge in [0.2, 0.25) is 0 Å². The lowest BCUT2D eigenvalue weighted by Gasteiger charge is -2.14. The van der Waals surface area contributed by atoms with E-state index in [0.29, 0.717) is 9.23 Å². The molecule has 21 heavy (non-hydrogen) atoms. The molecular weight excluding hydrogens is 374 g/mol. The van der Waals surface area contributed by atoms with E-state index in [1.807, 2.05) is 31.2 Å². The third kappa shape index (κ3) is 3.72. The lowest BCUT2D eigenvalue weighted by atomic mass is 10.1. The Labute approximate surface area is 140 Å². The molecule has 4 nitrogen and oxygen atoms in total. The molecule has 0 saturated carbocycles. The molecule has 1 heterocycles. The van der Waals surface area contributed by atoms with Gasteiger partial charge in [-0.25, -0.2) is 0 Å². The van der Waals surface area contributed by atoms with Crippen molar-refractivity contribution in [2.45, 2.75) is 13.3 Å². The van der Waals surface area contributed by atoms with Gasteiger partial charge in [-0.2, -0.15) is 0 Å². The molecule has 1 amide bonds. The minimum Gasteiger partial charge on any atom is -0.550 e. The average Bonchev–Trinajstić information content (AvgIpc) is 2.72. The minimum absolute atomic E-state index is 0.0458. The summed E-state index contributed by atoms with van der Waals surface area (Å²) in [5.41, 5.74) is 1.76. The summed E-state index contributed by atoms with van der Waals surface area (Å²) in [4.78, 5) is 24.7. The second kappa shape index (κ2) is 6.72. The number of allylic oxidation sites excluding steroid dienone is 1. The smallest absolute Gasteiger partial charge is 0.266 e. The number of hydrogen-bond acceptors (Lipinski definition) is 5. The van der Waals surface area contributed by atoms with Gasteiger partial charge in [0.25, 0.3) is 5.91 Å². The summed E-state index contributed by atoms with van der Waals surface area (Å²) in [6.45, 7) is 1.90. The quantitative estimate of drug-likeness (QED) is 0.588. The number of nitrogens with zero attached hydrogens (tertiary/aromatic N) is 1. The summed E-state index contributed by atoms with van der Waals surface area (Å²) in [6.07, 6.45) is -0.225. The van der Waals surface area contributed by atoms with Crippen LogP contribution in [0.5, 0.6) is 0 Å². The van der Waals surface area contributed by atoms with Gasteiger partial charge >= 0.3 is 0 Å². The summed E-state index contributed by atoms with van der Waals surface area (Å²) in [5.74, 6) is -1.44. The van der Waals surface area contributed by atoms with E-state index in [1.165, 1.54) is 16.7 Å². The molecule has 2 rings (SSSR count). The third-order valence-electron chi connectivity index (χ3n) is 3.01. The lowest BCUT2D eigenvalue weighted by molar-refractivity contribution is -0.305. The zero-order valence-electron chi connectivity index (χ0n) is 11.1. The second-order valence-electron chi connectivity index (χ2n) is 4.41. The van der Waals surface area contributed by atoms with Crippen molar-refractivity contribution in [3.05, 3.63) is 39.2 Å². The number of thioether (sulfide) groups is 1. The molecule has 0 unspecified atom stereocenters. The standard InChI is InChI=1S/C14H12BrNO3S2/c1-8(9-2-4-10(15)5-3-9)12-13(19)16(14(20)21-12)7-6-11(17)18/h2-5H,6-7H2,1H3,(H,17,18)/p-1/b12-8-. The van der Waals surface area contributed by atoms with E-state index < -0.39 is 5.97 Å². The topological polar surface area (TPSA) is 60.4 Å². The number of hydrogen-bond donors (Lipinski definition) is 0. The normalized spacial score (nSPS) is 17.3. The maximum absolute atomic E-state index is 12.3. The van der Waals surface area contributed by atoms with Crippen molar-refractivity contribution in [1.29, 1.82) is 0 Å². The highest BCUT2D eigenvalue weighted by molar-refractivity contribution is 9.10. The molecule has 0 bridgehead atoms. The SMILES string of the molecule is C/C(=C1/SC(=S)N(CCC(=O)[O-])C1=O)c1ccc(Br)cc1. The van der Waals surface area contributed by atoms with Crippen molar-refractivity contribution in [3.63, 3.8) is 0 Å². The molecule has 0 atom stereocenters. The predicted molar refractivity (Wildman–Crippen MR) is 88.3 cm³/mol. The molecule has 0 spiro atoms. The number of thiocarbonyl (C=S) groups is 1. The third-order valence-corrected chi connectivity index (χ3v) is 5.09. The number of aliphatic carboxylic acids is 1. The lowest BCUT2D eigenvalue weighted by Crippen LogP contribution is -2.33. The Morgan fingerprint density at radius 3 is 2.57 bits per heavy atom. The number of amides is 1. The molecule has 1 aromatic rings. The van der Waals surface area contributed by atoms with Crippen LogP contribution in [0.3, 0.4) is 0 Å². The monoisotopic (exact) mass is 384 g/mol. The van der Waals surface area contributed by atoms with Crippen molar-refractivity contribution in [2.24, 2.45) is 0 Å². The predicted octanol–water partition coefficient (Wildman–Crippen LogP) is 2.18. The summed E-state index contributed by atoms with van der Waals surface area (Å²) in [6, 6.07) is 7.62. The van der Waals surface area contributed by atoms with Crippen molar-refractivity contribution in [3.8, 4) is 0 Å². The fraction of sp³-hybridized carbons (Fsp3) is 0.214. The van der Waals surface area contributed by atoms with Crippen LogP contribution < -0.4 is 5.11 Å². The van der Waals surface area contributed by atoms with Gasteiger partial charge in [0.1, 0.15) is 4.32 Å². The van der Waals surface area contributed by atoms with E-state index >= 15 is 0 Å². The van der Waals surface area contributed by atoms with Crippen LogP contribution in [0.25, 0.3) is 5.57 Å². The average molecular weight is 385 g/mol. The van der Waals surface area contributed by atoms with Crippen molar-refractivity contribution >= 4 is 61.7 Å². The summed E-state index contributed by atoms with van der Waals surface area (Å²) in [7, 11) is 0. The molecule has 0 radical (unpaired) electrons. The number of carboxylic acids is 1. The van der Waals surface area contributed by atoms with Gasteiger partial charge in [0.15, 0.2) is 0 Å². The first kappa shape index (κ1) is 16.2. The number of carboxylic acid groups (broad SMARTS) is 1. The van der Waals surface area contributed by atoms with E-state index in [-0.39, 0.29) is 18.9 Å². The van der Waals surface area contributed by atoms with E-state index in [9.17, 15) is 14.7 Å². The van der Waals surface area contributed by atoms with E-state index in [2.05, 4.69) is 15.9 Å². The molecule has 0 aromatic heterocycles. The fourth-order valence-electron chi connectivity index (χ4n) is 1.86. The molecule has 1 aliphatic rings. The molecule has 1 aromatic carbocycles. The van der Waals surface area contributed by atoms with Crippen LogP contribution in [0, 0.1) is 0 Å². The van der Waals surface area contributed by atoms with Crippen molar-refractivity contribution in [1.82, 2.24) is 4.90 Å². The first-order valence-corrected chi connectivity index (χ1v) is 8.12. The molecule has 0 aliphatic carbocycles. The van der Waals surface area contributed by atoms with Crippen LogP contribution in [0.1, 0.15) is 18.9 Å². The number of carbonyl (C=O) groups is 2. The van der Waals surface area contributed by atoms with Crippen LogP contribution in [0.4, 0.5) is 0 Å². The van der Waals surface area contributed by atoms with Crippen molar-refractivity contribution in [2.75, 3.05) is 6.54 Å². The van der Waals surface area contributed by atoms with Crippen LogP contribution >= 0.6 is 39.9 Å². The van der Waals surface area contributed by atoms with Crippen LogP contribution in [0.2, 0.25) is 0 Å². The number of rotatable bonds is 4. The Kier molecular flexibility index (Phi) is 5.18.